The number of esters is 1. The highest BCUT2D eigenvalue weighted by molar-refractivity contribution is 6.74. The van der Waals surface area contributed by atoms with Gasteiger partial charge in [0.15, 0.2) is 8.32 Å². The predicted octanol–water partition coefficient (Wildman–Crippen LogP) is 7.22. The summed E-state index contributed by atoms with van der Waals surface area (Å²) in [7, 11) is -0.411. The first-order chi connectivity index (χ1) is 14.6. The van der Waals surface area contributed by atoms with Gasteiger partial charge in [-0.2, -0.15) is 0 Å². The van der Waals surface area contributed by atoms with Crippen LogP contribution in [-0.2, 0) is 14.0 Å². The van der Waals surface area contributed by atoms with Crippen molar-refractivity contribution in [2.75, 3.05) is 13.7 Å². The third-order valence-corrected chi connectivity index (χ3v) is 11.0. The molecule has 0 aliphatic rings. The standard InChI is InChI=1S/C27H38O3Si/c1-21(22-14-10-8-11-15-22)26(23-16-12-9-13-17-23)24(20-25(28)29-5)18-19-30-31(6,7)27(2,3)4/h8-17,21H,18-20H2,1-7H3. The van der Waals surface area contributed by atoms with Crippen molar-refractivity contribution in [3.63, 3.8) is 0 Å². The van der Waals surface area contributed by atoms with E-state index in [0.29, 0.717) is 13.0 Å². The lowest BCUT2D eigenvalue weighted by molar-refractivity contribution is -0.139. The molecule has 0 aliphatic carbocycles. The predicted molar refractivity (Wildman–Crippen MR) is 133 cm³/mol. The topological polar surface area (TPSA) is 35.5 Å². The molecule has 0 heterocycles. The van der Waals surface area contributed by atoms with Crippen molar-refractivity contribution < 1.29 is 14.0 Å². The van der Waals surface area contributed by atoms with Crippen LogP contribution in [0.1, 0.15) is 57.6 Å². The zero-order valence-electron chi connectivity index (χ0n) is 20.2. The van der Waals surface area contributed by atoms with E-state index in [2.05, 4.69) is 89.3 Å². The zero-order valence-corrected chi connectivity index (χ0v) is 21.2. The Morgan fingerprint density at radius 3 is 2.03 bits per heavy atom. The van der Waals surface area contributed by atoms with E-state index in [9.17, 15) is 4.79 Å². The SMILES string of the molecule is COC(=O)CC(CCO[Si](C)(C)C(C)(C)C)=C(c1ccccc1)C(C)c1ccccc1. The Bertz CT molecular complexity index is 864. The molecule has 3 nitrogen and oxygen atoms in total. The van der Waals surface area contributed by atoms with E-state index in [1.807, 2.05) is 12.1 Å². The molecule has 2 aromatic carbocycles. The minimum absolute atomic E-state index is 0.149. The molecular formula is C27H38O3Si. The Labute approximate surface area is 189 Å². The highest BCUT2D eigenvalue weighted by atomic mass is 28.4. The quantitative estimate of drug-likeness (QED) is 0.306. The van der Waals surface area contributed by atoms with Crippen LogP contribution in [0, 0.1) is 0 Å². The maximum Gasteiger partial charge on any atom is 0.309 e. The van der Waals surface area contributed by atoms with Gasteiger partial charge in [0.25, 0.3) is 0 Å². The van der Waals surface area contributed by atoms with E-state index >= 15 is 0 Å². The van der Waals surface area contributed by atoms with E-state index < -0.39 is 8.32 Å². The van der Waals surface area contributed by atoms with E-state index in [1.165, 1.54) is 18.2 Å². The summed E-state index contributed by atoms with van der Waals surface area (Å²) >= 11 is 0. The molecule has 0 bridgehead atoms. The lowest BCUT2D eigenvalue weighted by atomic mass is 9.83. The van der Waals surface area contributed by atoms with E-state index in [0.717, 1.165) is 11.1 Å². The Hall–Kier alpha value is -2.17. The van der Waals surface area contributed by atoms with Crippen molar-refractivity contribution in [2.24, 2.45) is 0 Å². The average molecular weight is 439 g/mol. The van der Waals surface area contributed by atoms with Gasteiger partial charge in [0.1, 0.15) is 0 Å². The molecule has 2 aromatic rings. The Kier molecular flexibility index (Phi) is 8.84. The van der Waals surface area contributed by atoms with Crippen molar-refractivity contribution in [1.29, 1.82) is 0 Å². The molecule has 0 saturated carbocycles. The van der Waals surface area contributed by atoms with Gasteiger partial charge >= 0.3 is 5.97 Å². The lowest BCUT2D eigenvalue weighted by Gasteiger charge is -2.36. The van der Waals surface area contributed by atoms with E-state index in [1.54, 1.807) is 0 Å². The Balaban J connectivity index is 2.47. The summed E-state index contributed by atoms with van der Waals surface area (Å²) in [5.74, 6) is -0.0628. The molecular weight excluding hydrogens is 400 g/mol. The number of allylic oxidation sites excluding steroid dienone is 1. The Morgan fingerprint density at radius 1 is 0.968 bits per heavy atom. The molecule has 0 aliphatic heterocycles. The number of methoxy groups -OCH3 is 1. The summed E-state index contributed by atoms with van der Waals surface area (Å²) in [6, 6.07) is 20.8. The second-order valence-corrected chi connectivity index (χ2v) is 14.4. The summed E-state index contributed by atoms with van der Waals surface area (Å²) in [5, 5.41) is 0.152. The minimum atomic E-state index is -1.86. The van der Waals surface area contributed by atoms with Gasteiger partial charge in [-0.3, -0.25) is 4.79 Å². The van der Waals surface area contributed by atoms with Crippen LogP contribution in [0.2, 0.25) is 18.1 Å². The first-order valence-corrected chi connectivity index (χ1v) is 14.0. The van der Waals surface area contributed by atoms with Crippen molar-refractivity contribution in [2.45, 2.75) is 64.6 Å². The molecule has 1 unspecified atom stereocenters. The van der Waals surface area contributed by atoms with Gasteiger partial charge in [0.05, 0.1) is 13.5 Å². The monoisotopic (exact) mass is 438 g/mol. The third-order valence-electron chi connectivity index (χ3n) is 6.46. The molecule has 31 heavy (non-hydrogen) atoms. The molecule has 1 atom stereocenters. The highest BCUT2D eigenvalue weighted by Gasteiger charge is 2.37. The number of hydrogen-bond acceptors (Lipinski definition) is 3. The van der Waals surface area contributed by atoms with Crippen molar-refractivity contribution >= 4 is 19.9 Å². The van der Waals surface area contributed by atoms with E-state index in [4.69, 9.17) is 9.16 Å². The largest absolute Gasteiger partial charge is 0.469 e. The van der Waals surface area contributed by atoms with Crippen molar-refractivity contribution in [3.8, 4) is 0 Å². The maximum absolute atomic E-state index is 12.3. The summed E-state index contributed by atoms with van der Waals surface area (Å²) in [5.41, 5.74) is 4.66. The van der Waals surface area contributed by atoms with Crippen LogP contribution in [0.4, 0.5) is 0 Å². The molecule has 0 radical (unpaired) electrons. The highest BCUT2D eigenvalue weighted by Crippen LogP contribution is 2.39. The van der Waals surface area contributed by atoms with Crippen LogP contribution in [0.3, 0.4) is 0 Å². The van der Waals surface area contributed by atoms with Crippen LogP contribution in [0.25, 0.3) is 5.57 Å². The van der Waals surface area contributed by atoms with Gasteiger partial charge in [-0.1, -0.05) is 93.9 Å². The average Bonchev–Trinajstić information content (AvgIpc) is 2.74. The van der Waals surface area contributed by atoms with Crippen LogP contribution in [-0.4, -0.2) is 28.0 Å². The molecule has 0 aromatic heterocycles. The van der Waals surface area contributed by atoms with Crippen LogP contribution < -0.4 is 0 Å². The number of benzene rings is 2. The normalized spacial score (nSPS) is 14.0. The second kappa shape index (κ2) is 10.9. The third kappa shape index (κ3) is 6.91. The summed E-state index contributed by atoms with van der Waals surface area (Å²) in [6.45, 7) is 14.1. The molecule has 0 N–H and O–H groups in total. The molecule has 4 heteroatoms. The molecule has 168 valence electrons. The smallest absolute Gasteiger partial charge is 0.309 e. The van der Waals surface area contributed by atoms with Crippen molar-refractivity contribution in [1.82, 2.24) is 0 Å². The van der Waals surface area contributed by atoms with Gasteiger partial charge in [-0.15, -0.1) is 0 Å². The van der Waals surface area contributed by atoms with E-state index in [-0.39, 0.29) is 23.3 Å². The van der Waals surface area contributed by atoms with Crippen LogP contribution >= 0.6 is 0 Å². The summed E-state index contributed by atoms with van der Waals surface area (Å²) < 4.78 is 11.5. The van der Waals surface area contributed by atoms with Gasteiger partial charge in [-0.25, -0.2) is 0 Å². The number of ether oxygens (including phenoxy) is 1. The fourth-order valence-corrected chi connectivity index (χ4v) is 4.54. The molecule has 0 saturated heterocycles. The van der Waals surface area contributed by atoms with Crippen LogP contribution in [0.5, 0.6) is 0 Å². The molecule has 0 spiro atoms. The molecule has 0 amide bonds. The number of carbonyl (C=O) groups excluding carboxylic acids is 1. The number of hydrogen-bond donors (Lipinski definition) is 0. The fourth-order valence-electron chi connectivity index (χ4n) is 3.50. The van der Waals surface area contributed by atoms with Crippen molar-refractivity contribution in [3.05, 3.63) is 77.4 Å². The first kappa shape index (κ1) is 25.1. The summed E-state index contributed by atoms with van der Waals surface area (Å²) in [4.78, 5) is 12.3. The first-order valence-electron chi connectivity index (χ1n) is 11.1. The van der Waals surface area contributed by atoms with Gasteiger partial charge in [0.2, 0.25) is 0 Å². The second-order valence-electron chi connectivity index (χ2n) is 9.63. The molecule has 2 rings (SSSR count). The van der Waals surface area contributed by atoms with Gasteiger partial charge < -0.3 is 9.16 Å². The number of rotatable bonds is 9. The molecule has 0 fully saturated rings. The lowest BCUT2D eigenvalue weighted by Crippen LogP contribution is -2.41. The zero-order chi connectivity index (χ0) is 23.1. The van der Waals surface area contributed by atoms with Gasteiger partial charge in [0, 0.05) is 12.5 Å². The number of carbonyl (C=O) groups is 1. The van der Waals surface area contributed by atoms with Gasteiger partial charge in [-0.05, 0) is 41.3 Å². The minimum Gasteiger partial charge on any atom is -0.469 e. The van der Waals surface area contributed by atoms with Crippen LogP contribution in [0.15, 0.2) is 66.2 Å². The fraction of sp³-hybridized carbons (Fsp3) is 0.444. The maximum atomic E-state index is 12.3. The summed E-state index contributed by atoms with van der Waals surface area (Å²) in [6.07, 6.45) is 0.988. The Morgan fingerprint density at radius 2 is 1.52 bits per heavy atom.